The molecule has 0 unspecified atom stereocenters. The standard InChI is InChI=1S/C15H16N4O3/c1-2-21-15(20)14-13(17-19-18-14)11-5-7-12(8-6-11)22-10-4-3-9-16/h5-8H,2-4,10H2,1H3,(H,17,18,19). The van der Waals surface area contributed by atoms with Crippen molar-refractivity contribution in [3.05, 3.63) is 30.0 Å². The number of aromatic nitrogens is 3. The van der Waals surface area contributed by atoms with Crippen molar-refractivity contribution in [3.8, 4) is 23.1 Å². The molecule has 1 heterocycles. The number of esters is 1. The molecule has 114 valence electrons. The van der Waals surface area contributed by atoms with Gasteiger partial charge in [0.15, 0.2) is 5.69 Å². The van der Waals surface area contributed by atoms with Gasteiger partial charge >= 0.3 is 5.97 Å². The average Bonchev–Trinajstić information content (AvgIpc) is 3.02. The molecule has 0 fully saturated rings. The van der Waals surface area contributed by atoms with Crippen molar-refractivity contribution in [1.29, 1.82) is 5.26 Å². The highest BCUT2D eigenvalue weighted by Gasteiger charge is 2.18. The zero-order chi connectivity index (χ0) is 15.8. The fourth-order valence-corrected chi connectivity index (χ4v) is 1.82. The molecule has 0 saturated carbocycles. The highest BCUT2D eigenvalue weighted by Crippen LogP contribution is 2.23. The average molecular weight is 300 g/mol. The summed E-state index contributed by atoms with van der Waals surface area (Å²) in [6.07, 6.45) is 1.16. The second kappa shape index (κ2) is 7.78. The topological polar surface area (TPSA) is 101 Å². The van der Waals surface area contributed by atoms with Gasteiger partial charge in [0.2, 0.25) is 0 Å². The van der Waals surface area contributed by atoms with Gasteiger partial charge in [-0.1, -0.05) is 0 Å². The molecule has 0 spiro atoms. The number of nitriles is 1. The van der Waals surface area contributed by atoms with E-state index in [2.05, 4.69) is 21.5 Å². The molecule has 2 aromatic rings. The van der Waals surface area contributed by atoms with E-state index >= 15 is 0 Å². The maximum absolute atomic E-state index is 11.8. The summed E-state index contributed by atoms with van der Waals surface area (Å²) in [5.41, 5.74) is 1.33. The number of hydrogen-bond acceptors (Lipinski definition) is 6. The highest BCUT2D eigenvalue weighted by molar-refractivity contribution is 5.93. The SMILES string of the molecule is CCOC(=O)c1n[nH]nc1-c1ccc(OCCCC#N)cc1. The second-order valence-electron chi connectivity index (χ2n) is 4.38. The molecule has 0 aliphatic heterocycles. The fourth-order valence-electron chi connectivity index (χ4n) is 1.82. The summed E-state index contributed by atoms with van der Waals surface area (Å²) < 4.78 is 10.4. The summed E-state index contributed by atoms with van der Waals surface area (Å²) in [7, 11) is 0. The first-order valence-corrected chi connectivity index (χ1v) is 6.94. The number of nitrogens with zero attached hydrogens (tertiary/aromatic N) is 3. The Bertz CT molecular complexity index is 658. The number of carbonyl (C=O) groups is 1. The summed E-state index contributed by atoms with van der Waals surface area (Å²) in [4.78, 5) is 11.8. The predicted octanol–water partition coefficient (Wildman–Crippen LogP) is 2.33. The first-order chi connectivity index (χ1) is 10.8. The van der Waals surface area contributed by atoms with Gasteiger partial charge in [-0.15, -0.1) is 5.10 Å². The molecule has 0 atom stereocenters. The van der Waals surface area contributed by atoms with Crippen LogP contribution in [0.5, 0.6) is 5.75 Å². The Morgan fingerprint density at radius 3 is 2.77 bits per heavy atom. The molecule has 1 aromatic heterocycles. The van der Waals surface area contributed by atoms with Crippen LogP contribution < -0.4 is 4.74 Å². The Morgan fingerprint density at radius 2 is 2.09 bits per heavy atom. The van der Waals surface area contributed by atoms with Gasteiger partial charge in [0.1, 0.15) is 11.4 Å². The first-order valence-electron chi connectivity index (χ1n) is 6.94. The summed E-state index contributed by atoms with van der Waals surface area (Å²) in [5.74, 6) is 0.186. The third kappa shape index (κ3) is 3.82. The van der Waals surface area contributed by atoms with Crippen molar-refractivity contribution in [1.82, 2.24) is 15.4 Å². The Labute approximate surface area is 127 Å². The van der Waals surface area contributed by atoms with E-state index in [0.717, 1.165) is 5.56 Å². The Morgan fingerprint density at radius 1 is 1.32 bits per heavy atom. The molecule has 0 saturated heterocycles. The molecular formula is C15H16N4O3. The molecule has 0 radical (unpaired) electrons. The van der Waals surface area contributed by atoms with Gasteiger partial charge in [0, 0.05) is 12.0 Å². The zero-order valence-corrected chi connectivity index (χ0v) is 12.2. The van der Waals surface area contributed by atoms with E-state index in [1.54, 1.807) is 31.2 Å². The number of benzene rings is 1. The van der Waals surface area contributed by atoms with Crippen LogP contribution in [0.1, 0.15) is 30.3 Å². The van der Waals surface area contributed by atoms with E-state index in [1.807, 2.05) is 0 Å². The zero-order valence-electron chi connectivity index (χ0n) is 12.2. The van der Waals surface area contributed by atoms with Gasteiger partial charge in [-0.2, -0.15) is 15.6 Å². The van der Waals surface area contributed by atoms with Crippen LogP contribution in [-0.2, 0) is 4.74 Å². The number of ether oxygens (including phenoxy) is 2. The van der Waals surface area contributed by atoms with E-state index in [9.17, 15) is 4.79 Å². The maximum Gasteiger partial charge on any atom is 0.361 e. The Hall–Kier alpha value is -2.88. The largest absolute Gasteiger partial charge is 0.494 e. The molecule has 2 rings (SSSR count). The molecule has 0 amide bonds. The summed E-state index contributed by atoms with van der Waals surface area (Å²) in [6, 6.07) is 9.22. The van der Waals surface area contributed by atoms with Crippen molar-refractivity contribution in [2.75, 3.05) is 13.2 Å². The van der Waals surface area contributed by atoms with Gasteiger partial charge in [-0.3, -0.25) is 0 Å². The lowest BCUT2D eigenvalue weighted by Crippen LogP contribution is -2.06. The number of rotatable bonds is 7. The van der Waals surface area contributed by atoms with E-state index < -0.39 is 5.97 Å². The minimum atomic E-state index is -0.511. The van der Waals surface area contributed by atoms with Gasteiger partial charge in [0.05, 0.1) is 19.3 Å². The predicted molar refractivity (Wildman–Crippen MR) is 78.1 cm³/mol. The summed E-state index contributed by atoms with van der Waals surface area (Å²) in [6.45, 7) is 2.50. The van der Waals surface area contributed by atoms with E-state index in [1.165, 1.54) is 0 Å². The third-order valence-electron chi connectivity index (χ3n) is 2.85. The van der Waals surface area contributed by atoms with Gasteiger partial charge < -0.3 is 9.47 Å². The molecule has 22 heavy (non-hydrogen) atoms. The van der Waals surface area contributed by atoms with Crippen LogP contribution in [0.4, 0.5) is 0 Å². The van der Waals surface area contributed by atoms with Crippen molar-refractivity contribution in [3.63, 3.8) is 0 Å². The third-order valence-corrected chi connectivity index (χ3v) is 2.85. The van der Waals surface area contributed by atoms with Gasteiger partial charge in [0.25, 0.3) is 0 Å². The van der Waals surface area contributed by atoms with Crippen LogP contribution in [0, 0.1) is 11.3 Å². The summed E-state index contributed by atoms with van der Waals surface area (Å²) >= 11 is 0. The lowest BCUT2D eigenvalue weighted by atomic mass is 10.1. The number of aromatic amines is 1. The number of unbranched alkanes of at least 4 members (excludes halogenated alkanes) is 1. The highest BCUT2D eigenvalue weighted by atomic mass is 16.5. The van der Waals surface area contributed by atoms with Crippen molar-refractivity contribution < 1.29 is 14.3 Å². The van der Waals surface area contributed by atoms with Crippen LogP contribution in [0.2, 0.25) is 0 Å². The number of nitrogens with one attached hydrogen (secondary N) is 1. The smallest absolute Gasteiger partial charge is 0.361 e. The lowest BCUT2D eigenvalue weighted by molar-refractivity contribution is 0.0520. The number of carbonyl (C=O) groups excluding carboxylic acids is 1. The number of hydrogen-bond donors (Lipinski definition) is 1. The minimum absolute atomic E-state index is 0.157. The molecule has 7 nitrogen and oxygen atoms in total. The molecule has 1 aromatic carbocycles. The van der Waals surface area contributed by atoms with Crippen LogP contribution in [0.15, 0.2) is 24.3 Å². The lowest BCUT2D eigenvalue weighted by Gasteiger charge is -2.06. The molecule has 0 aliphatic carbocycles. The number of H-pyrrole nitrogens is 1. The van der Waals surface area contributed by atoms with Crippen LogP contribution >= 0.6 is 0 Å². The van der Waals surface area contributed by atoms with Crippen molar-refractivity contribution in [2.45, 2.75) is 19.8 Å². The van der Waals surface area contributed by atoms with E-state index in [4.69, 9.17) is 14.7 Å². The van der Waals surface area contributed by atoms with Crippen molar-refractivity contribution in [2.24, 2.45) is 0 Å². The normalized spacial score (nSPS) is 10.0. The molecule has 0 bridgehead atoms. The molecular weight excluding hydrogens is 284 g/mol. The van der Waals surface area contributed by atoms with Crippen LogP contribution in [0.3, 0.4) is 0 Å². The Kier molecular flexibility index (Phi) is 5.49. The van der Waals surface area contributed by atoms with Crippen molar-refractivity contribution >= 4 is 5.97 Å². The van der Waals surface area contributed by atoms with E-state index in [-0.39, 0.29) is 12.3 Å². The summed E-state index contributed by atoms with van der Waals surface area (Å²) in [5, 5.41) is 18.7. The van der Waals surface area contributed by atoms with Crippen LogP contribution in [0.25, 0.3) is 11.3 Å². The first kappa shape index (κ1) is 15.5. The van der Waals surface area contributed by atoms with Gasteiger partial charge in [-0.25, -0.2) is 4.79 Å². The fraction of sp³-hybridized carbons (Fsp3) is 0.333. The molecule has 1 N–H and O–H groups in total. The monoisotopic (exact) mass is 300 g/mol. The maximum atomic E-state index is 11.8. The quantitative estimate of drug-likeness (QED) is 0.622. The van der Waals surface area contributed by atoms with Gasteiger partial charge in [-0.05, 0) is 37.6 Å². The molecule has 0 aliphatic rings. The molecule has 7 heteroatoms. The minimum Gasteiger partial charge on any atom is -0.494 e. The van der Waals surface area contributed by atoms with E-state index in [0.29, 0.717) is 30.9 Å². The van der Waals surface area contributed by atoms with Crippen LogP contribution in [-0.4, -0.2) is 34.6 Å². The Balaban J connectivity index is 2.06. The second-order valence-corrected chi connectivity index (χ2v) is 4.38.